The number of benzene rings is 1. The molecule has 0 radical (unpaired) electrons. The maximum Gasteiger partial charge on any atom is 0.255 e. The molecule has 3 N–H and O–H groups in total. The molecule has 1 aromatic carbocycles. The number of nitrogens with one attached hydrogen (secondary N) is 3. The van der Waals surface area contributed by atoms with Crippen LogP contribution in [0.5, 0.6) is 0 Å². The molecule has 1 aliphatic heterocycles. The van der Waals surface area contributed by atoms with Crippen molar-refractivity contribution in [1.82, 2.24) is 4.98 Å². The lowest BCUT2D eigenvalue weighted by molar-refractivity contribution is -0.114. The van der Waals surface area contributed by atoms with E-state index in [0.29, 0.717) is 29.2 Å². The van der Waals surface area contributed by atoms with Gasteiger partial charge in [-0.25, -0.2) is 13.4 Å². The largest absolute Gasteiger partial charge is 0.366 e. The third kappa shape index (κ3) is 5.27. The number of nitrogens with zero attached hydrogens (tertiary/aromatic N) is 1. The normalized spacial score (nSPS) is 17.9. The number of carbonyl (C=O) groups is 2. The Morgan fingerprint density at radius 1 is 1.07 bits per heavy atom. The van der Waals surface area contributed by atoms with Gasteiger partial charge in [0, 0.05) is 36.1 Å². The molecule has 1 aromatic heterocycles. The van der Waals surface area contributed by atoms with Crippen LogP contribution in [0.3, 0.4) is 0 Å². The number of carbonyl (C=O) groups excluding carboxylic acids is 2. The van der Waals surface area contributed by atoms with Gasteiger partial charge in [0.25, 0.3) is 5.91 Å². The molecule has 3 rings (SSSR count). The molecule has 142 valence electrons. The van der Waals surface area contributed by atoms with E-state index < -0.39 is 9.84 Å². The molecule has 2 heterocycles. The van der Waals surface area contributed by atoms with Gasteiger partial charge in [0.15, 0.2) is 9.84 Å². The molecule has 1 aliphatic rings. The molecule has 0 aliphatic carbocycles. The van der Waals surface area contributed by atoms with Crippen molar-refractivity contribution in [2.75, 3.05) is 27.5 Å². The fourth-order valence-corrected chi connectivity index (χ4v) is 4.49. The number of hydrogen-bond acceptors (Lipinski definition) is 6. The summed E-state index contributed by atoms with van der Waals surface area (Å²) in [6.45, 7) is 1.42. The van der Waals surface area contributed by atoms with Gasteiger partial charge < -0.3 is 16.0 Å². The maximum atomic E-state index is 12.4. The number of aromatic nitrogens is 1. The zero-order valence-corrected chi connectivity index (χ0v) is 15.5. The Kier molecular flexibility index (Phi) is 5.41. The molecule has 1 atom stereocenters. The molecule has 27 heavy (non-hydrogen) atoms. The van der Waals surface area contributed by atoms with Gasteiger partial charge in [-0.2, -0.15) is 0 Å². The van der Waals surface area contributed by atoms with Gasteiger partial charge in [0.05, 0.1) is 11.5 Å². The quantitative estimate of drug-likeness (QED) is 0.720. The highest BCUT2D eigenvalue weighted by Crippen LogP contribution is 2.18. The van der Waals surface area contributed by atoms with E-state index in [9.17, 15) is 18.0 Å². The summed E-state index contributed by atoms with van der Waals surface area (Å²) in [6.07, 6.45) is 2.03. The second-order valence-corrected chi connectivity index (χ2v) is 8.62. The lowest BCUT2D eigenvalue weighted by Gasteiger charge is -2.12. The summed E-state index contributed by atoms with van der Waals surface area (Å²) >= 11 is 0. The zero-order valence-electron chi connectivity index (χ0n) is 14.7. The summed E-state index contributed by atoms with van der Waals surface area (Å²) in [5.41, 5.74) is 1.63. The van der Waals surface area contributed by atoms with Gasteiger partial charge in [-0.1, -0.05) is 0 Å². The van der Waals surface area contributed by atoms with Crippen molar-refractivity contribution in [3.8, 4) is 0 Å². The number of anilines is 3. The summed E-state index contributed by atoms with van der Waals surface area (Å²) in [7, 11) is -2.99. The SMILES string of the molecule is CC(=O)Nc1ccc(NC(=O)c2ccnc(NC3CCS(=O)(=O)C3)c2)cc1. The van der Waals surface area contributed by atoms with E-state index >= 15 is 0 Å². The third-order valence-corrected chi connectivity index (χ3v) is 5.84. The van der Waals surface area contributed by atoms with Crippen LogP contribution < -0.4 is 16.0 Å². The monoisotopic (exact) mass is 388 g/mol. The molecule has 9 heteroatoms. The average Bonchev–Trinajstić information content (AvgIpc) is 2.95. The van der Waals surface area contributed by atoms with Crippen molar-refractivity contribution in [2.24, 2.45) is 0 Å². The predicted octanol–water partition coefficient (Wildman–Crippen LogP) is 1.89. The highest BCUT2D eigenvalue weighted by molar-refractivity contribution is 7.91. The molecular weight excluding hydrogens is 368 g/mol. The minimum absolute atomic E-state index is 0.0751. The van der Waals surface area contributed by atoms with Crippen molar-refractivity contribution in [3.05, 3.63) is 48.2 Å². The van der Waals surface area contributed by atoms with Crippen molar-refractivity contribution in [3.63, 3.8) is 0 Å². The summed E-state index contributed by atoms with van der Waals surface area (Å²) in [6, 6.07) is 9.74. The molecule has 2 aromatic rings. The van der Waals surface area contributed by atoms with Gasteiger partial charge in [-0.05, 0) is 42.8 Å². The van der Waals surface area contributed by atoms with Gasteiger partial charge in [-0.15, -0.1) is 0 Å². The Bertz CT molecular complexity index is 958. The number of amides is 2. The number of hydrogen-bond donors (Lipinski definition) is 3. The molecule has 1 unspecified atom stereocenters. The molecule has 0 spiro atoms. The second kappa shape index (κ2) is 7.75. The standard InChI is InChI=1S/C18H20N4O4S/c1-12(23)20-14-2-4-15(5-3-14)22-18(24)13-6-8-19-17(10-13)21-16-7-9-27(25,26)11-16/h2-6,8,10,16H,7,9,11H2,1H3,(H,19,21)(H,20,23)(H,22,24). The first-order valence-corrected chi connectivity index (χ1v) is 10.2. The van der Waals surface area contributed by atoms with Crippen LogP contribution in [0.1, 0.15) is 23.7 Å². The first-order valence-electron chi connectivity index (χ1n) is 8.43. The highest BCUT2D eigenvalue weighted by Gasteiger charge is 2.28. The fraction of sp³-hybridized carbons (Fsp3) is 0.278. The van der Waals surface area contributed by atoms with E-state index in [4.69, 9.17) is 0 Å². The molecule has 2 amide bonds. The van der Waals surface area contributed by atoms with Crippen LogP contribution in [0.25, 0.3) is 0 Å². The average molecular weight is 388 g/mol. The smallest absolute Gasteiger partial charge is 0.255 e. The first-order chi connectivity index (χ1) is 12.8. The summed E-state index contributed by atoms with van der Waals surface area (Å²) in [5, 5.41) is 8.49. The van der Waals surface area contributed by atoms with Gasteiger partial charge >= 0.3 is 0 Å². The van der Waals surface area contributed by atoms with E-state index in [2.05, 4.69) is 20.9 Å². The molecule has 0 saturated carbocycles. The number of sulfone groups is 1. The van der Waals surface area contributed by atoms with Gasteiger partial charge in [-0.3, -0.25) is 9.59 Å². The van der Waals surface area contributed by atoms with Crippen molar-refractivity contribution in [2.45, 2.75) is 19.4 Å². The third-order valence-electron chi connectivity index (χ3n) is 4.07. The molecule has 0 bridgehead atoms. The molecule has 8 nitrogen and oxygen atoms in total. The number of rotatable bonds is 5. The van der Waals surface area contributed by atoms with Crippen LogP contribution in [0.4, 0.5) is 17.2 Å². The Morgan fingerprint density at radius 3 is 2.33 bits per heavy atom. The maximum absolute atomic E-state index is 12.4. The molecular formula is C18H20N4O4S. The van der Waals surface area contributed by atoms with Crippen molar-refractivity contribution >= 4 is 38.8 Å². The van der Waals surface area contributed by atoms with E-state index in [1.54, 1.807) is 36.4 Å². The second-order valence-electron chi connectivity index (χ2n) is 6.39. The highest BCUT2D eigenvalue weighted by atomic mass is 32.2. The van der Waals surface area contributed by atoms with E-state index in [1.807, 2.05) is 0 Å². The molecule has 1 saturated heterocycles. The van der Waals surface area contributed by atoms with Crippen LogP contribution in [0, 0.1) is 0 Å². The number of pyridine rings is 1. The molecule has 1 fully saturated rings. The lowest BCUT2D eigenvalue weighted by atomic mass is 10.2. The van der Waals surface area contributed by atoms with Crippen molar-refractivity contribution in [1.29, 1.82) is 0 Å². The van der Waals surface area contributed by atoms with Crippen LogP contribution in [-0.2, 0) is 14.6 Å². The minimum Gasteiger partial charge on any atom is -0.366 e. The Labute approximate surface area is 157 Å². The first kappa shape index (κ1) is 18.8. The van der Waals surface area contributed by atoms with Crippen LogP contribution >= 0.6 is 0 Å². The van der Waals surface area contributed by atoms with Gasteiger partial charge in [0.2, 0.25) is 5.91 Å². The zero-order chi connectivity index (χ0) is 19.4. The van der Waals surface area contributed by atoms with Gasteiger partial charge in [0.1, 0.15) is 5.82 Å². The Hall–Kier alpha value is -2.94. The lowest BCUT2D eigenvalue weighted by Crippen LogP contribution is -2.21. The van der Waals surface area contributed by atoms with E-state index in [0.717, 1.165) is 0 Å². The van der Waals surface area contributed by atoms with E-state index in [-0.39, 0.29) is 29.4 Å². The fourth-order valence-electron chi connectivity index (χ4n) is 2.81. The summed E-state index contributed by atoms with van der Waals surface area (Å²) < 4.78 is 23.1. The van der Waals surface area contributed by atoms with Crippen LogP contribution in [-0.4, -0.2) is 42.8 Å². The summed E-state index contributed by atoms with van der Waals surface area (Å²) in [4.78, 5) is 27.6. The topological polar surface area (TPSA) is 117 Å². The van der Waals surface area contributed by atoms with E-state index in [1.165, 1.54) is 13.1 Å². The van der Waals surface area contributed by atoms with Crippen molar-refractivity contribution < 1.29 is 18.0 Å². The van der Waals surface area contributed by atoms with Crippen LogP contribution in [0.2, 0.25) is 0 Å². The Morgan fingerprint density at radius 2 is 1.74 bits per heavy atom. The predicted molar refractivity (Wildman–Crippen MR) is 104 cm³/mol. The minimum atomic E-state index is -2.99. The van der Waals surface area contributed by atoms with Crippen LogP contribution in [0.15, 0.2) is 42.6 Å². The Balaban J connectivity index is 1.64. The summed E-state index contributed by atoms with van der Waals surface area (Å²) in [5.74, 6) is 0.224.